The second kappa shape index (κ2) is 10.0. The van der Waals surface area contributed by atoms with Crippen LogP contribution in [-0.4, -0.2) is 50.2 Å². The van der Waals surface area contributed by atoms with E-state index in [0.717, 1.165) is 16.7 Å². The summed E-state index contributed by atoms with van der Waals surface area (Å²) < 4.78 is 28.4. The van der Waals surface area contributed by atoms with Crippen LogP contribution in [0.2, 0.25) is 0 Å². The van der Waals surface area contributed by atoms with Crippen LogP contribution < -0.4 is 5.73 Å². The van der Waals surface area contributed by atoms with E-state index in [1.807, 2.05) is 73.0 Å². The van der Waals surface area contributed by atoms with E-state index < -0.39 is 29.8 Å². The van der Waals surface area contributed by atoms with Gasteiger partial charge in [0.25, 0.3) is 0 Å². The Bertz CT molecular complexity index is 1550. The molecule has 208 valence electrons. The molecule has 0 unspecified atom stereocenters. The molecule has 2 N–H and O–H groups in total. The number of fused-ring (bicyclic) bond motifs is 2. The first-order valence-corrected chi connectivity index (χ1v) is 13.7. The number of ether oxygens (including phenoxy) is 4. The Kier molecular flexibility index (Phi) is 6.32. The van der Waals surface area contributed by atoms with E-state index in [1.165, 1.54) is 6.33 Å². The van der Waals surface area contributed by atoms with E-state index in [9.17, 15) is 0 Å². The van der Waals surface area contributed by atoms with Gasteiger partial charge in [-0.1, -0.05) is 91.0 Å². The van der Waals surface area contributed by atoms with E-state index in [-0.39, 0.29) is 12.7 Å². The smallest absolute Gasteiger partial charge is 0.167 e. The van der Waals surface area contributed by atoms with Crippen LogP contribution >= 0.6 is 0 Å². The molecule has 0 aliphatic carbocycles. The number of rotatable bonds is 7. The second-order valence-electron chi connectivity index (χ2n) is 10.8. The Balaban J connectivity index is 1.28. The van der Waals surface area contributed by atoms with Crippen LogP contribution in [0.5, 0.6) is 0 Å². The highest BCUT2D eigenvalue weighted by Gasteiger charge is 2.57. The minimum Gasteiger partial charge on any atom is -0.382 e. The van der Waals surface area contributed by atoms with E-state index in [1.54, 1.807) is 6.33 Å². The fraction of sp³-hybridized carbons (Fsp3) is 0.281. The van der Waals surface area contributed by atoms with Gasteiger partial charge in [-0.05, 0) is 30.5 Å². The van der Waals surface area contributed by atoms with Crippen molar-refractivity contribution in [3.8, 4) is 0 Å². The SMILES string of the molecule is CC1(C)O[C@@H]2[C@H](O1)[C@H](n1cnc3c(N)ncnc31)O[C@H]2COC(c1ccccc1)(c1ccccc1)c1ccccc1. The standard InChI is InChI=1S/C32H31N5O4/c1-31(2)40-26-24(39-30(27(26)41-31)37-20-36-25-28(33)34-19-35-29(25)37)18-38-32(21-12-6-3-7-13-21,22-14-8-4-9-15-22)23-16-10-5-11-17-23/h3-17,19-20,24,26-27,30H,18H2,1-2H3,(H2,33,34,35)/t24-,26-,27-,30+/m0/s1. The first-order chi connectivity index (χ1) is 20.0. The van der Waals surface area contributed by atoms with Crippen molar-refractivity contribution in [2.24, 2.45) is 0 Å². The summed E-state index contributed by atoms with van der Waals surface area (Å²) >= 11 is 0. The van der Waals surface area contributed by atoms with Crippen LogP contribution in [0.4, 0.5) is 5.82 Å². The lowest BCUT2D eigenvalue weighted by Crippen LogP contribution is -2.39. The summed E-state index contributed by atoms with van der Waals surface area (Å²) in [5, 5.41) is 0. The lowest BCUT2D eigenvalue weighted by atomic mass is 9.80. The summed E-state index contributed by atoms with van der Waals surface area (Å²) in [6, 6.07) is 30.8. The van der Waals surface area contributed by atoms with Crippen LogP contribution in [0, 0.1) is 0 Å². The number of nitrogens with zero attached hydrogens (tertiary/aromatic N) is 4. The van der Waals surface area contributed by atoms with Crippen molar-refractivity contribution in [2.75, 3.05) is 12.3 Å². The molecule has 4 heterocycles. The van der Waals surface area contributed by atoms with Crippen molar-refractivity contribution in [1.29, 1.82) is 0 Å². The number of benzene rings is 3. The summed E-state index contributed by atoms with van der Waals surface area (Å²) in [6.07, 6.45) is 1.30. The molecular formula is C32H31N5O4. The zero-order valence-corrected chi connectivity index (χ0v) is 22.8. The molecule has 9 heteroatoms. The van der Waals surface area contributed by atoms with E-state index in [4.69, 9.17) is 24.7 Å². The maximum absolute atomic E-state index is 7.09. The lowest BCUT2D eigenvalue weighted by Gasteiger charge is -2.37. The third-order valence-electron chi connectivity index (χ3n) is 7.79. The number of nitrogen functional groups attached to an aromatic ring is 1. The highest BCUT2D eigenvalue weighted by Crippen LogP contribution is 2.46. The molecule has 2 fully saturated rings. The van der Waals surface area contributed by atoms with Gasteiger partial charge < -0.3 is 24.7 Å². The van der Waals surface area contributed by atoms with Gasteiger partial charge in [0.2, 0.25) is 0 Å². The summed E-state index contributed by atoms with van der Waals surface area (Å²) in [6.45, 7) is 4.06. The molecule has 7 rings (SSSR count). The number of nitrogens with two attached hydrogens (primary N) is 1. The maximum atomic E-state index is 7.09. The van der Waals surface area contributed by atoms with Crippen molar-refractivity contribution in [1.82, 2.24) is 19.5 Å². The van der Waals surface area contributed by atoms with Gasteiger partial charge in [0.15, 0.2) is 23.5 Å². The molecule has 0 bridgehead atoms. The second-order valence-corrected chi connectivity index (χ2v) is 10.8. The van der Waals surface area contributed by atoms with Crippen LogP contribution in [0.15, 0.2) is 104 Å². The average Bonchev–Trinajstić information content (AvgIpc) is 3.67. The molecule has 4 atom stereocenters. The first-order valence-electron chi connectivity index (χ1n) is 13.7. The van der Waals surface area contributed by atoms with Crippen LogP contribution in [-0.2, 0) is 24.5 Å². The van der Waals surface area contributed by atoms with Gasteiger partial charge in [0, 0.05) is 0 Å². The van der Waals surface area contributed by atoms with Gasteiger partial charge in [-0.15, -0.1) is 0 Å². The molecule has 0 amide bonds. The Morgan fingerprint density at radius 1 is 0.805 bits per heavy atom. The highest BCUT2D eigenvalue weighted by molar-refractivity contribution is 5.81. The third-order valence-corrected chi connectivity index (χ3v) is 7.79. The largest absolute Gasteiger partial charge is 0.382 e. The van der Waals surface area contributed by atoms with E-state index in [0.29, 0.717) is 17.0 Å². The molecule has 41 heavy (non-hydrogen) atoms. The van der Waals surface area contributed by atoms with Crippen molar-refractivity contribution in [3.05, 3.63) is 120 Å². The van der Waals surface area contributed by atoms with Crippen molar-refractivity contribution in [3.63, 3.8) is 0 Å². The molecule has 2 saturated heterocycles. The summed E-state index contributed by atoms with van der Waals surface area (Å²) in [7, 11) is 0. The zero-order chi connectivity index (χ0) is 28.0. The summed E-state index contributed by atoms with van der Waals surface area (Å²) in [4.78, 5) is 12.9. The van der Waals surface area contributed by atoms with Gasteiger partial charge in [-0.2, -0.15) is 0 Å². The first kappa shape index (κ1) is 25.8. The fourth-order valence-corrected chi connectivity index (χ4v) is 6.05. The maximum Gasteiger partial charge on any atom is 0.167 e. The Morgan fingerprint density at radius 3 is 1.95 bits per heavy atom. The van der Waals surface area contributed by atoms with E-state index >= 15 is 0 Å². The van der Waals surface area contributed by atoms with Crippen molar-refractivity contribution in [2.45, 2.75) is 49.8 Å². The Hall–Kier alpha value is -4.15. The van der Waals surface area contributed by atoms with Gasteiger partial charge >= 0.3 is 0 Å². The molecule has 2 aliphatic heterocycles. The Morgan fingerprint density at radius 2 is 1.37 bits per heavy atom. The number of aromatic nitrogens is 4. The summed E-state index contributed by atoms with van der Waals surface area (Å²) in [5.41, 5.74) is 9.30. The predicted molar refractivity (Wildman–Crippen MR) is 153 cm³/mol. The topological polar surface area (TPSA) is 107 Å². The number of imidazole rings is 1. The number of anilines is 1. The van der Waals surface area contributed by atoms with Gasteiger partial charge in [0.05, 0.1) is 12.9 Å². The molecule has 0 radical (unpaired) electrons. The molecule has 0 saturated carbocycles. The van der Waals surface area contributed by atoms with Crippen LogP contribution in [0.3, 0.4) is 0 Å². The van der Waals surface area contributed by atoms with Crippen molar-refractivity contribution >= 4 is 17.0 Å². The number of hydrogen-bond donors (Lipinski definition) is 1. The quantitative estimate of drug-likeness (QED) is 0.288. The van der Waals surface area contributed by atoms with Crippen LogP contribution in [0.25, 0.3) is 11.2 Å². The minimum absolute atomic E-state index is 0.236. The molecule has 0 spiro atoms. The van der Waals surface area contributed by atoms with Gasteiger partial charge in [-0.3, -0.25) is 4.57 Å². The van der Waals surface area contributed by atoms with Gasteiger partial charge in [0.1, 0.15) is 35.8 Å². The van der Waals surface area contributed by atoms with Crippen LogP contribution in [0.1, 0.15) is 36.8 Å². The molecule has 2 aliphatic rings. The molecular weight excluding hydrogens is 518 g/mol. The Labute approximate surface area is 237 Å². The average molecular weight is 550 g/mol. The molecule has 3 aromatic carbocycles. The van der Waals surface area contributed by atoms with Crippen molar-refractivity contribution < 1.29 is 18.9 Å². The van der Waals surface area contributed by atoms with Gasteiger partial charge in [-0.25, -0.2) is 15.0 Å². The monoisotopic (exact) mass is 549 g/mol. The molecule has 5 aromatic rings. The predicted octanol–water partition coefficient (Wildman–Crippen LogP) is 4.83. The third kappa shape index (κ3) is 4.38. The minimum atomic E-state index is -0.890. The molecule has 2 aromatic heterocycles. The highest BCUT2D eigenvalue weighted by atomic mass is 16.8. The normalized spacial score (nSPS) is 23.6. The zero-order valence-electron chi connectivity index (χ0n) is 22.8. The van der Waals surface area contributed by atoms with E-state index in [2.05, 4.69) is 51.4 Å². The molecule has 9 nitrogen and oxygen atoms in total. The number of hydrogen-bond acceptors (Lipinski definition) is 8. The fourth-order valence-electron chi connectivity index (χ4n) is 6.05. The summed E-state index contributed by atoms with van der Waals surface area (Å²) in [5.74, 6) is -0.486. The lowest BCUT2D eigenvalue weighted by molar-refractivity contribution is -0.204.